The van der Waals surface area contributed by atoms with Crippen molar-refractivity contribution >= 4 is 0 Å². The van der Waals surface area contributed by atoms with E-state index in [0.717, 1.165) is 36.9 Å². The van der Waals surface area contributed by atoms with E-state index >= 15 is 0 Å². The average molecular weight is 207 g/mol. The highest BCUT2D eigenvalue weighted by Crippen LogP contribution is 2.36. The van der Waals surface area contributed by atoms with Gasteiger partial charge < -0.3 is 15.5 Å². The van der Waals surface area contributed by atoms with Crippen molar-refractivity contribution in [2.45, 2.75) is 6.04 Å². The first-order valence-electron chi connectivity index (χ1n) is 6.14. The van der Waals surface area contributed by atoms with Crippen molar-refractivity contribution in [3.63, 3.8) is 0 Å². The van der Waals surface area contributed by atoms with Crippen LogP contribution in [0.1, 0.15) is 0 Å². The van der Waals surface area contributed by atoms with Gasteiger partial charge in [-0.25, -0.2) is 0 Å². The number of fused-ring (bicyclic) bond motifs is 1. The van der Waals surface area contributed by atoms with E-state index in [2.05, 4.69) is 34.7 Å². The summed E-state index contributed by atoms with van der Waals surface area (Å²) < 4.78 is 0. The van der Waals surface area contributed by atoms with E-state index in [1.165, 1.54) is 19.6 Å². The molecule has 3 aliphatic rings. The molecule has 0 radical (unpaired) electrons. The lowest BCUT2D eigenvalue weighted by Crippen LogP contribution is -2.43. The molecule has 0 saturated carbocycles. The minimum atomic E-state index is 0.721. The summed E-state index contributed by atoms with van der Waals surface area (Å²) in [6, 6.07) is 0.758. The first-order valence-corrected chi connectivity index (χ1v) is 6.14. The van der Waals surface area contributed by atoms with Crippen molar-refractivity contribution in [1.82, 2.24) is 15.5 Å². The zero-order valence-corrected chi connectivity index (χ0v) is 9.45. The van der Waals surface area contributed by atoms with E-state index in [-0.39, 0.29) is 0 Å². The second kappa shape index (κ2) is 3.89. The lowest BCUT2D eigenvalue weighted by Gasteiger charge is -2.32. The summed E-state index contributed by atoms with van der Waals surface area (Å²) in [4.78, 5) is 2.58. The summed E-state index contributed by atoms with van der Waals surface area (Å²) in [7, 11) is 2.30. The third-order valence-corrected chi connectivity index (χ3v) is 4.33. The van der Waals surface area contributed by atoms with Gasteiger partial charge in [0.1, 0.15) is 0 Å². The summed E-state index contributed by atoms with van der Waals surface area (Å²) in [5, 5.41) is 7.02. The second-order valence-corrected chi connectivity index (χ2v) is 5.26. The normalized spacial score (nSPS) is 45.9. The zero-order chi connectivity index (χ0) is 10.3. The first-order chi connectivity index (χ1) is 7.36. The van der Waals surface area contributed by atoms with Crippen molar-refractivity contribution in [2.24, 2.45) is 17.8 Å². The lowest BCUT2D eigenvalue weighted by molar-refractivity contribution is 0.212. The third-order valence-electron chi connectivity index (χ3n) is 4.33. The van der Waals surface area contributed by atoms with E-state index in [1.54, 1.807) is 0 Å². The molecule has 0 aromatic heterocycles. The number of hydrogen-bond acceptors (Lipinski definition) is 3. The topological polar surface area (TPSA) is 27.3 Å². The van der Waals surface area contributed by atoms with E-state index in [9.17, 15) is 0 Å². The lowest BCUT2D eigenvalue weighted by atomic mass is 9.84. The molecule has 0 amide bonds. The molecule has 2 N–H and O–H groups in total. The summed E-state index contributed by atoms with van der Waals surface area (Å²) in [6.45, 7) is 5.96. The monoisotopic (exact) mass is 207 g/mol. The Bertz CT molecular complexity index is 264. The summed E-state index contributed by atoms with van der Waals surface area (Å²) in [6.07, 6.45) is 4.72. The van der Waals surface area contributed by atoms with Gasteiger partial charge in [-0.2, -0.15) is 0 Å². The Hall–Kier alpha value is -0.380. The Labute approximate surface area is 91.9 Å². The molecule has 2 saturated heterocycles. The molecule has 0 aromatic rings. The van der Waals surface area contributed by atoms with Gasteiger partial charge in [-0.3, -0.25) is 0 Å². The van der Waals surface area contributed by atoms with Crippen LogP contribution in [0.2, 0.25) is 0 Å². The minimum absolute atomic E-state index is 0.721. The van der Waals surface area contributed by atoms with Gasteiger partial charge in [-0.15, -0.1) is 0 Å². The number of nitrogens with one attached hydrogen (secondary N) is 2. The fourth-order valence-electron chi connectivity index (χ4n) is 3.69. The van der Waals surface area contributed by atoms with Crippen molar-refractivity contribution < 1.29 is 0 Å². The van der Waals surface area contributed by atoms with Gasteiger partial charge in [0.05, 0.1) is 0 Å². The van der Waals surface area contributed by atoms with Gasteiger partial charge in [-0.1, -0.05) is 12.2 Å². The van der Waals surface area contributed by atoms with Crippen LogP contribution in [0.15, 0.2) is 12.2 Å². The maximum Gasteiger partial charge on any atom is 0.0211 e. The summed E-state index contributed by atoms with van der Waals surface area (Å²) in [5.74, 6) is 2.50. The molecular formula is C12H21N3. The average Bonchev–Trinajstić information content (AvgIpc) is 2.78. The predicted octanol–water partition coefficient (Wildman–Crippen LogP) is -0.0884. The highest BCUT2D eigenvalue weighted by Gasteiger charge is 2.45. The standard InChI is InChI=1S/C12H21N3/c1-15-8-10-6-14-7-11(10)12(15)9-3-2-4-13-5-9/h2-3,9-14H,4-8H2,1H3. The Morgan fingerprint density at radius 2 is 2.13 bits per heavy atom. The SMILES string of the molecule is CN1CC2CNCC2C1C1C=CCNC1. The number of rotatable bonds is 1. The fraction of sp³-hybridized carbons (Fsp3) is 0.833. The zero-order valence-electron chi connectivity index (χ0n) is 9.45. The maximum atomic E-state index is 3.54. The molecule has 3 heterocycles. The van der Waals surface area contributed by atoms with Crippen LogP contribution in [0, 0.1) is 17.8 Å². The molecule has 2 fully saturated rings. The quantitative estimate of drug-likeness (QED) is 0.589. The number of likely N-dealkylation sites (tertiary alicyclic amines) is 1. The predicted molar refractivity (Wildman–Crippen MR) is 61.8 cm³/mol. The molecule has 3 aliphatic heterocycles. The molecule has 0 aromatic carbocycles. The van der Waals surface area contributed by atoms with Gasteiger partial charge in [0.25, 0.3) is 0 Å². The smallest absolute Gasteiger partial charge is 0.0211 e. The van der Waals surface area contributed by atoms with Crippen LogP contribution in [0.4, 0.5) is 0 Å². The molecular weight excluding hydrogens is 186 g/mol. The van der Waals surface area contributed by atoms with E-state index < -0.39 is 0 Å². The van der Waals surface area contributed by atoms with Gasteiger partial charge in [0, 0.05) is 31.6 Å². The molecule has 0 aliphatic carbocycles. The molecule has 84 valence electrons. The Balaban J connectivity index is 1.78. The van der Waals surface area contributed by atoms with E-state index in [1.807, 2.05) is 0 Å². The van der Waals surface area contributed by atoms with Crippen LogP contribution >= 0.6 is 0 Å². The van der Waals surface area contributed by atoms with Crippen molar-refractivity contribution in [3.05, 3.63) is 12.2 Å². The van der Waals surface area contributed by atoms with E-state index in [0.29, 0.717) is 0 Å². The molecule has 3 nitrogen and oxygen atoms in total. The van der Waals surface area contributed by atoms with Crippen LogP contribution in [-0.4, -0.2) is 50.7 Å². The molecule has 0 bridgehead atoms. The van der Waals surface area contributed by atoms with Crippen LogP contribution in [0.5, 0.6) is 0 Å². The molecule has 3 heteroatoms. The van der Waals surface area contributed by atoms with Crippen molar-refractivity contribution in [1.29, 1.82) is 0 Å². The Morgan fingerprint density at radius 3 is 2.93 bits per heavy atom. The van der Waals surface area contributed by atoms with E-state index in [4.69, 9.17) is 0 Å². The largest absolute Gasteiger partial charge is 0.316 e. The van der Waals surface area contributed by atoms with Crippen LogP contribution in [0.25, 0.3) is 0 Å². The Kier molecular flexibility index (Phi) is 2.54. The van der Waals surface area contributed by atoms with Gasteiger partial charge in [0.2, 0.25) is 0 Å². The van der Waals surface area contributed by atoms with Crippen LogP contribution < -0.4 is 10.6 Å². The fourth-order valence-corrected chi connectivity index (χ4v) is 3.69. The highest BCUT2D eigenvalue weighted by atomic mass is 15.2. The molecule has 3 rings (SSSR count). The highest BCUT2D eigenvalue weighted by molar-refractivity contribution is 5.08. The van der Waals surface area contributed by atoms with Gasteiger partial charge >= 0.3 is 0 Å². The molecule has 15 heavy (non-hydrogen) atoms. The number of hydrogen-bond donors (Lipinski definition) is 2. The first kappa shape index (κ1) is 9.82. The van der Waals surface area contributed by atoms with Crippen molar-refractivity contribution in [2.75, 3.05) is 39.8 Å². The third kappa shape index (κ3) is 1.63. The number of nitrogens with zero attached hydrogens (tertiary/aromatic N) is 1. The summed E-state index contributed by atoms with van der Waals surface area (Å²) >= 11 is 0. The molecule has 4 unspecified atom stereocenters. The van der Waals surface area contributed by atoms with Crippen LogP contribution in [0.3, 0.4) is 0 Å². The summed E-state index contributed by atoms with van der Waals surface area (Å²) in [5.41, 5.74) is 0. The van der Waals surface area contributed by atoms with Crippen LogP contribution in [-0.2, 0) is 0 Å². The van der Waals surface area contributed by atoms with Gasteiger partial charge in [-0.05, 0) is 32.0 Å². The molecule has 0 spiro atoms. The maximum absolute atomic E-state index is 3.54. The van der Waals surface area contributed by atoms with Crippen molar-refractivity contribution in [3.8, 4) is 0 Å². The molecule has 4 atom stereocenters. The Morgan fingerprint density at radius 1 is 1.20 bits per heavy atom. The minimum Gasteiger partial charge on any atom is -0.316 e. The second-order valence-electron chi connectivity index (χ2n) is 5.26. The van der Waals surface area contributed by atoms with Gasteiger partial charge in [0.15, 0.2) is 0 Å².